The molecule has 146 valence electrons. The minimum absolute atomic E-state index is 0.452. The standard InChI is InChI=1S/C20H24N6O2/c1-13-4-5-14(12-21-13)16-23-17(25-6-9-27-10-7-25)15-18(24-16)26-8-11-28-20(2,3)19(26)22-15/h4-5,12H,6-11H2,1-3H3. The lowest BCUT2D eigenvalue weighted by atomic mass is 10.1. The Kier molecular flexibility index (Phi) is 4.06. The fourth-order valence-corrected chi connectivity index (χ4v) is 3.84. The Morgan fingerprint density at radius 2 is 1.82 bits per heavy atom. The summed E-state index contributed by atoms with van der Waals surface area (Å²) in [5.41, 5.74) is 3.12. The van der Waals surface area contributed by atoms with Gasteiger partial charge >= 0.3 is 0 Å². The number of aromatic nitrogens is 5. The van der Waals surface area contributed by atoms with Crippen molar-refractivity contribution in [2.24, 2.45) is 0 Å². The summed E-state index contributed by atoms with van der Waals surface area (Å²) >= 11 is 0. The van der Waals surface area contributed by atoms with Crippen molar-refractivity contribution in [3.8, 4) is 11.4 Å². The molecule has 0 atom stereocenters. The van der Waals surface area contributed by atoms with Crippen LogP contribution in [0.1, 0.15) is 25.4 Å². The lowest BCUT2D eigenvalue weighted by Crippen LogP contribution is -2.37. The van der Waals surface area contributed by atoms with Crippen LogP contribution >= 0.6 is 0 Å². The third-order valence-corrected chi connectivity index (χ3v) is 5.37. The molecular formula is C20H24N6O2. The third kappa shape index (κ3) is 2.84. The molecule has 0 spiro atoms. The highest BCUT2D eigenvalue weighted by molar-refractivity contribution is 5.86. The summed E-state index contributed by atoms with van der Waals surface area (Å²) in [7, 11) is 0. The van der Waals surface area contributed by atoms with Crippen LogP contribution in [0, 0.1) is 6.92 Å². The minimum atomic E-state index is -0.452. The highest BCUT2D eigenvalue weighted by atomic mass is 16.5. The molecule has 0 unspecified atom stereocenters. The van der Waals surface area contributed by atoms with E-state index >= 15 is 0 Å². The number of hydrogen-bond donors (Lipinski definition) is 0. The van der Waals surface area contributed by atoms with Crippen molar-refractivity contribution < 1.29 is 9.47 Å². The summed E-state index contributed by atoms with van der Waals surface area (Å²) in [6.45, 7) is 10.4. The molecule has 8 heteroatoms. The van der Waals surface area contributed by atoms with E-state index in [9.17, 15) is 0 Å². The fraction of sp³-hybridized carbons (Fsp3) is 0.500. The van der Waals surface area contributed by atoms with E-state index < -0.39 is 5.60 Å². The Balaban J connectivity index is 1.75. The maximum absolute atomic E-state index is 5.96. The molecule has 1 fully saturated rings. The average Bonchev–Trinajstić information content (AvgIpc) is 3.09. The zero-order valence-corrected chi connectivity index (χ0v) is 16.5. The normalized spacial score (nSPS) is 19.0. The van der Waals surface area contributed by atoms with Crippen LogP contribution in [0.2, 0.25) is 0 Å². The van der Waals surface area contributed by atoms with Crippen LogP contribution < -0.4 is 4.90 Å². The highest BCUT2D eigenvalue weighted by Crippen LogP contribution is 2.35. The van der Waals surface area contributed by atoms with E-state index in [1.807, 2.05) is 25.3 Å². The summed E-state index contributed by atoms with van der Waals surface area (Å²) in [4.78, 5) is 21.4. The molecule has 0 amide bonds. The van der Waals surface area contributed by atoms with Crippen LogP contribution in [-0.2, 0) is 21.6 Å². The summed E-state index contributed by atoms with van der Waals surface area (Å²) in [6.07, 6.45) is 1.83. The van der Waals surface area contributed by atoms with Gasteiger partial charge in [-0.25, -0.2) is 15.0 Å². The van der Waals surface area contributed by atoms with Gasteiger partial charge in [-0.3, -0.25) is 4.98 Å². The molecular weight excluding hydrogens is 356 g/mol. The van der Waals surface area contributed by atoms with Crippen molar-refractivity contribution in [1.29, 1.82) is 0 Å². The summed E-state index contributed by atoms with van der Waals surface area (Å²) in [5, 5.41) is 0. The first-order valence-electron chi connectivity index (χ1n) is 9.71. The van der Waals surface area contributed by atoms with Crippen molar-refractivity contribution in [2.45, 2.75) is 32.9 Å². The van der Waals surface area contributed by atoms with Crippen molar-refractivity contribution in [3.63, 3.8) is 0 Å². The molecule has 1 saturated heterocycles. The summed E-state index contributed by atoms with van der Waals surface area (Å²) in [5.74, 6) is 2.44. The Morgan fingerprint density at radius 3 is 2.57 bits per heavy atom. The number of anilines is 1. The number of aryl methyl sites for hydroxylation is 1. The number of ether oxygens (including phenoxy) is 2. The first-order valence-corrected chi connectivity index (χ1v) is 9.71. The number of morpholine rings is 1. The van der Waals surface area contributed by atoms with Crippen molar-refractivity contribution in [1.82, 2.24) is 24.5 Å². The molecule has 0 radical (unpaired) electrons. The van der Waals surface area contributed by atoms with Crippen LogP contribution in [0.15, 0.2) is 18.3 Å². The molecule has 3 aromatic rings. The number of fused-ring (bicyclic) bond motifs is 3. The first kappa shape index (κ1) is 17.5. The molecule has 0 bridgehead atoms. The van der Waals surface area contributed by atoms with Crippen LogP contribution in [0.4, 0.5) is 5.82 Å². The van der Waals surface area contributed by atoms with E-state index in [0.717, 1.165) is 53.7 Å². The first-order chi connectivity index (χ1) is 13.5. The molecule has 0 aromatic carbocycles. The molecule has 28 heavy (non-hydrogen) atoms. The zero-order valence-electron chi connectivity index (χ0n) is 16.5. The van der Waals surface area contributed by atoms with Crippen LogP contribution in [0.3, 0.4) is 0 Å². The van der Waals surface area contributed by atoms with Gasteiger partial charge in [-0.1, -0.05) is 0 Å². The van der Waals surface area contributed by atoms with Gasteiger partial charge in [0, 0.05) is 37.1 Å². The van der Waals surface area contributed by atoms with Gasteiger partial charge in [-0.2, -0.15) is 0 Å². The smallest absolute Gasteiger partial charge is 0.166 e. The van der Waals surface area contributed by atoms with Gasteiger partial charge in [0.2, 0.25) is 0 Å². The van der Waals surface area contributed by atoms with E-state index in [2.05, 4.69) is 28.3 Å². The average molecular weight is 380 g/mol. The van der Waals surface area contributed by atoms with E-state index in [1.165, 1.54) is 0 Å². The topological polar surface area (TPSA) is 78.2 Å². The highest BCUT2D eigenvalue weighted by Gasteiger charge is 2.34. The van der Waals surface area contributed by atoms with Crippen molar-refractivity contribution in [3.05, 3.63) is 29.8 Å². The second-order valence-corrected chi connectivity index (χ2v) is 7.78. The lowest BCUT2D eigenvalue weighted by Gasteiger charge is -2.30. The second-order valence-electron chi connectivity index (χ2n) is 7.78. The molecule has 0 aliphatic carbocycles. The van der Waals surface area contributed by atoms with Crippen molar-refractivity contribution >= 4 is 17.0 Å². The maximum atomic E-state index is 5.96. The molecule has 3 aromatic heterocycles. The number of imidazole rings is 1. The van der Waals surface area contributed by atoms with Gasteiger partial charge in [0.25, 0.3) is 0 Å². The van der Waals surface area contributed by atoms with Gasteiger partial charge in [0.15, 0.2) is 22.8 Å². The summed E-state index contributed by atoms with van der Waals surface area (Å²) < 4.78 is 13.7. The zero-order chi connectivity index (χ0) is 19.3. The van der Waals surface area contributed by atoms with Gasteiger partial charge in [0.1, 0.15) is 11.4 Å². The van der Waals surface area contributed by atoms with Gasteiger partial charge in [-0.05, 0) is 32.9 Å². The van der Waals surface area contributed by atoms with E-state index in [0.29, 0.717) is 25.6 Å². The van der Waals surface area contributed by atoms with Gasteiger partial charge < -0.3 is 18.9 Å². The summed E-state index contributed by atoms with van der Waals surface area (Å²) in [6, 6.07) is 4.01. The molecule has 2 aliphatic heterocycles. The quantitative estimate of drug-likeness (QED) is 0.675. The third-order valence-electron chi connectivity index (χ3n) is 5.37. The number of hydrogen-bond acceptors (Lipinski definition) is 7. The van der Waals surface area contributed by atoms with E-state index in [4.69, 9.17) is 24.4 Å². The second kappa shape index (κ2) is 6.49. The Bertz CT molecular complexity index is 1020. The SMILES string of the molecule is Cc1ccc(-c2nc(N3CCOCC3)c3nc4n(c3n2)CCOC4(C)C)cn1. The largest absolute Gasteiger partial charge is 0.378 e. The maximum Gasteiger partial charge on any atom is 0.166 e. The molecule has 8 nitrogen and oxygen atoms in total. The molecule has 2 aliphatic rings. The number of nitrogens with zero attached hydrogens (tertiary/aromatic N) is 6. The van der Waals surface area contributed by atoms with Crippen LogP contribution in [-0.4, -0.2) is 57.4 Å². The predicted octanol–water partition coefficient (Wildman–Crippen LogP) is 2.30. The molecule has 5 heterocycles. The Labute approximate surface area is 163 Å². The molecule has 5 rings (SSSR count). The predicted molar refractivity (Wildman–Crippen MR) is 105 cm³/mol. The Morgan fingerprint density at radius 1 is 1.00 bits per heavy atom. The molecule has 0 N–H and O–H groups in total. The van der Waals surface area contributed by atoms with Crippen molar-refractivity contribution in [2.75, 3.05) is 37.8 Å². The lowest BCUT2D eigenvalue weighted by molar-refractivity contribution is -0.0530. The molecule has 0 saturated carbocycles. The van der Waals surface area contributed by atoms with Gasteiger partial charge in [-0.15, -0.1) is 0 Å². The number of pyridine rings is 1. The van der Waals surface area contributed by atoms with Gasteiger partial charge in [0.05, 0.1) is 19.8 Å². The van der Waals surface area contributed by atoms with E-state index in [1.54, 1.807) is 0 Å². The monoisotopic (exact) mass is 380 g/mol. The minimum Gasteiger partial charge on any atom is -0.378 e. The van der Waals surface area contributed by atoms with E-state index in [-0.39, 0.29) is 0 Å². The Hall–Kier alpha value is -2.58. The van der Waals surface area contributed by atoms with Crippen LogP contribution in [0.5, 0.6) is 0 Å². The number of rotatable bonds is 2. The van der Waals surface area contributed by atoms with Crippen LogP contribution in [0.25, 0.3) is 22.6 Å². The fourth-order valence-electron chi connectivity index (χ4n) is 3.84.